The molecule has 0 aliphatic carbocycles. The monoisotopic (exact) mass is 356 g/mol. The Morgan fingerprint density at radius 2 is 1.50 bits per heavy atom. The Morgan fingerprint density at radius 1 is 0.917 bits per heavy atom. The van der Waals surface area contributed by atoms with Crippen molar-refractivity contribution >= 4 is 34.6 Å². The summed E-state index contributed by atoms with van der Waals surface area (Å²) in [7, 11) is 0. The summed E-state index contributed by atoms with van der Waals surface area (Å²) < 4.78 is 5.60. The van der Waals surface area contributed by atoms with E-state index in [1.807, 2.05) is 37.3 Å². The van der Waals surface area contributed by atoms with Crippen LogP contribution in [-0.4, -0.2) is 5.78 Å². The molecule has 0 bridgehead atoms. The molecule has 0 aliphatic heterocycles. The standard InChI is InChI=1S/C20H14Cl2O2/c1-13(10-19(23)14-2-6-17(21)7-3-14)16-11-20(24-12-16)15-4-8-18(22)9-5-15/h2-12H,1H3/b13-10+. The molecule has 2 aromatic carbocycles. The largest absolute Gasteiger partial charge is 0.464 e. The molecule has 0 atom stereocenters. The van der Waals surface area contributed by atoms with E-state index in [0.717, 1.165) is 22.5 Å². The Hall–Kier alpha value is -2.29. The minimum Gasteiger partial charge on any atom is -0.464 e. The fraction of sp³-hybridized carbons (Fsp3) is 0.0500. The van der Waals surface area contributed by atoms with Crippen molar-refractivity contribution in [3.8, 4) is 11.3 Å². The van der Waals surface area contributed by atoms with E-state index in [1.54, 1.807) is 36.6 Å². The number of benzene rings is 2. The number of hydrogen-bond donors (Lipinski definition) is 0. The van der Waals surface area contributed by atoms with Crippen LogP contribution in [0.5, 0.6) is 0 Å². The summed E-state index contributed by atoms with van der Waals surface area (Å²) in [6.07, 6.45) is 3.24. The zero-order valence-corrected chi connectivity index (χ0v) is 14.4. The molecule has 3 rings (SSSR count). The fourth-order valence-electron chi connectivity index (χ4n) is 2.29. The Balaban J connectivity index is 1.82. The molecular formula is C20H14Cl2O2. The Kier molecular flexibility index (Phi) is 4.89. The molecule has 1 aromatic heterocycles. The summed E-state index contributed by atoms with van der Waals surface area (Å²) in [5.74, 6) is 0.659. The Bertz CT molecular complexity index is 888. The van der Waals surface area contributed by atoms with Crippen LogP contribution in [0.1, 0.15) is 22.8 Å². The van der Waals surface area contributed by atoms with E-state index in [1.165, 1.54) is 0 Å². The molecule has 0 fully saturated rings. The van der Waals surface area contributed by atoms with Gasteiger partial charge in [-0.3, -0.25) is 4.79 Å². The maximum absolute atomic E-state index is 12.3. The summed E-state index contributed by atoms with van der Waals surface area (Å²) in [6.45, 7) is 1.88. The van der Waals surface area contributed by atoms with E-state index in [0.29, 0.717) is 15.6 Å². The van der Waals surface area contributed by atoms with Crippen LogP contribution in [0.25, 0.3) is 16.9 Å². The molecular weight excluding hydrogens is 343 g/mol. The highest BCUT2D eigenvalue weighted by Gasteiger charge is 2.08. The van der Waals surface area contributed by atoms with Crippen molar-refractivity contribution in [1.82, 2.24) is 0 Å². The highest BCUT2D eigenvalue weighted by Crippen LogP contribution is 2.27. The second-order valence-corrected chi connectivity index (χ2v) is 6.28. The van der Waals surface area contributed by atoms with E-state index >= 15 is 0 Å². The normalized spacial score (nSPS) is 11.5. The van der Waals surface area contributed by atoms with Crippen molar-refractivity contribution in [3.63, 3.8) is 0 Å². The predicted molar refractivity (Wildman–Crippen MR) is 98.6 cm³/mol. The van der Waals surface area contributed by atoms with Gasteiger partial charge in [-0.25, -0.2) is 0 Å². The van der Waals surface area contributed by atoms with E-state index in [4.69, 9.17) is 27.6 Å². The molecule has 0 saturated heterocycles. The Labute approximate surface area is 150 Å². The predicted octanol–water partition coefficient (Wildman–Crippen LogP) is 6.54. The van der Waals surface area contributed by atoms with Crippen molar-refractivity contribution in [2.24, 2.45) is 0 Å². The molecule has 1 heterocycles. The summed E-state index contributed by atoms with van der Waals surface area (Å²) in [4.78, 5) is 12.3. The van der Waals surface area contributed by atoms with E-state index < -0.39 is 0 Å². The van der Waals surface area contributed by atoms with Crippen LogP contribution in [0.3, 0.4) is 0 Å². The summed E-state index contributed by atoms with van der Waals surface area (Å²) >= 11 is 11.7. The molecule has 0 amide bonds. The second kappa shape index (κ2) is 7.08. The summed E-state index contributed by atoms with van der Waals surface area (Å²) in [5.41, 5.74) is 3.23. The molecule has 24 heavy (non-hydrogen) atoms. The number of carbonyl (C=O) groups is 1. The van der Waals surface area contributed by atoms with Crippen LogP contribution in [0.15, 0.2) is 71.4 Å². The van der Waals surface area contributed by atoms with Gasteiger partial charge >= 0.3 is 0 Å². The lowest BCUT2D eigenvalue weighted by Crippen LogP contribution is -1.94. The number of rotatable bonds is 4. The molecule has 3 aromatic rings. The maximum Gasteiger partial charge on any atom is 0.186 e. The molecule has 2 nitrogen and oxygen atoms in total. The number of furan rings is 1. The lowest BCUT2D eigenvalue weighted by Gasteiger charge is -1.99. The second-order valence-electron chi connectivity index (χ2n) is 5.41. The van der Waals surface area contributed by atoms with Gasteiger partial charge in [0, 0.05) is 26.7 Å². The van der Waals surface area contributed by atoms with Gasteiger partial charge in [-0.05, 0) is 73.2 Å². The first kappa shape index (κ1) is 16.6. The third-order valence-corrected chi connectivity index (χ3v) is 4.16. The van der Waals surface area contributed by atoms with Crippen molar-refractivity contribution in [1.29, 1.82) is 0 Å². The van der Waals surface area contributed by atoms with Crippen molar-refractivity contribution in [2.75, 3.05) is 0 Å². The highest BCUT2D eigenvalue weighted by molar-refractivity contribution is 6.31. The third kappa shape index (κ3) is 3.78. The minimum absolute atomic E-state index is 0.0709. The van der Waals surface area contributed by atoms with Gasteiger partial charge in [0.05, 0.1) is 6.26 Å². The maximum atomic E-state index is 12.3. The summed E-state index contributed by atoms with van der Waals surface area (Å²) in [6, 6.07) is 16.1. The minimum atomic E-state index is -0.0709. The molecule has 0 spiro atoms. The quantitative estimate of drug-likeness (QED) is 0.392. The van der Waals surface area contributed by atoms with Gasteiger partial charge in [0.25, 0.3) is 0 Å². The average Bonchev–Trinajstić information content (AvgIpc) is 3.06. The number of halogens is 2. The number of ketones is 1. The van der Waals surface area contributed by atoms with Crippen LogP contribution in [0.4, 0.5) is 0 Å². The van der Waals surface area contributed by atoms with Crippen LogP contribution >= 0.6 is 23.2 Å². The van der Waals surface area contributed by atoms with Gasteiger partial charge in [-0.2, -0.15) is 0 Å². The lowest BCUT2D eigenvalue weighted by atomic mass is 10.0. The van der Waals surface area contributed by atoms with Gasteiger partial charge in [0.2, 0.25) is 0 Å². The van der Waals surface area contributed by atoms with Crippen LogP contribution < -0.4 is 0 Å². The topological polar surface area (TPSA) is 30.2 Å². The number of allylic oxidation sites excluding steroid dienone is 2. The number of carbonyl (C=O) groups excluding carboxylic acids is 1. The van der Waals surface area contributed by atoms with Crippen molar-refractivity contribution < 1.29 is 9.21 Å². The molecule has 0 unspecified atom stereocenters. The lowest BCUT2D eigenvalue weighted by molar-refractivity contribution is 0.104. The zero-order valence-electron chi connectivity index (χ0n) is 12.9. The SMILES string of the molecule is C/C(=C\C(=O)c1ccc(Cl)cc1)c1coc(-c2ccc(Cl)cc2)c1. The molecule has 4 heteroatoms. The highest BCUT2D eigenvalue weighted by atomic mass is 35.5. The van der Waals surface area contributed by atoms with E-state index in [2.05, 4.69) is 0 Å². The van der Waals surface area contributed by atoms with Gasteiger partial charge < -0.3 is 4.42 Å². The van der Waals surface area contributed by atoms with E-state index in [9.17, 15) is 4.79 Å². The van der Waals surface area contributed by atoms with Crippen LogP contribution in [0.2, 0.25) is 10.0 Å². The first-order valence-electron chi connectivity index (χ1n) is 7.36. The average molecular weight is 357 g/mol. The summed E-state index contributed by atoms with van der Waals surface area (Å²) in [5, 5.41) is 1.28. The van der Waals surface area contributed by atoms with Crippen molar-refractivity contribution in [3.05, 3.63) is 88.1 Å². The first-order chi connectivity index (χ1) is 11.5. The molecule has 0 saturated carbocycles. The van der Waals surface area contributed by atoms with Gasteiger partial charge in [-0.1, -0.05) is 23.2 Å². The van der Waals surface area contributed by atoms with Crippen LogP contribution in [-0.2, 0) is 0 Å². The molecule has 0 radical (unpaired) electrons. The first-order valence-corrected chi connectivity index (χ1v) is 8.11. The molecule has 120 valence electrons. The van der Waals surface area contributed by atoms with Crippen LogP contribution in [0, 0.1) is 0 Å². The Morgan fingerprint density at radius 3 is 2.12 bits per heavy atom. The van der Waals surface area contributed by atoms with E-state index in [-0.39, 0.29) is 5.78 Å². The van der Waals surface area contributed by atoms with Gasteiger partial charge in [0.1, 0.15) is 5.76 Å². The molecule has 0 N–H and O–H groups in total. The smallest absolute Gasteiger partial charge is 0.186 e. The third-order valence-electron chi connectivity index (χ3n) is 3.66. The molecule has 0 aliphatic rings. The fourth-order valence-corrected chi connectivity index (χ4v) is 2.54. The number of hydrogen-bond acceptors (Lipinski definition) is 2. The van der Waals surface area contributed by atoms with Crippen molar-refractivity contribution in [2.45, 2.75) is 6.92 Å². The zero-order chi connectivity index (χ0) is 17.1. The van der Waals surface area contributed by atoms with Gasteiger partial charge in [0.15, 0.2) is 5.78 Å². The van der Waals surface area contributed by atoms with Gasteiger partial charge in [-0.15, -0.1) is 0 Å².